The number of nitrogens with one attached hydrogen (secondary N) is 2. The maximum atomic E-state index is 12.8. The lowest BCUT2D eigenvalue weighted by molar-refractivity contribution is -0.137. The number of alkyl halides is 3. The van der Waals surface area contributed by atoms with E-state index < -0.39 is 23.6 Å². The molecule has 0 radical (unpaired) electrons. The number of anilines is 2. The van der Waals surface area contributed by atoms with Gasteiger partial charge < -0.3 is 15.1 Å². The van der Waals surface area contributed by atoms with Crippen LogP contribution in [0.3, 0.4) is 0 Å². The first kappa shape index (κ1) is 19.9. The number of carbonyl (C=O) groups excluding carboxylic acids is 2. The highest BCUT2D eigenvalue weighted by Gasteiger charge is 2.30. The Morgan fingerprint density at radius 1 is 0.897 bits per heavy atom. The smallest absolute Gasteiger partial charge is 0.416 e. The molecule has 0 saturated carbocycles. The van der Waals surface area contributed by atoms with Crippen LogP contribution >= 0.6 is 0 Å². The van der Waals surface area contributed by atoms with E-state index in [1.165, 1.54) is 42.7 Å². The van der Waals surface area contributed by atoms with Gasteiger partial charge in [-0.3, -0.25) is 9.59 Å². The molecule has 5 nitrogen and oxygen atoms in total. The van der Waals surface area contributed by atoms with E-state index in [9.17, 15) is 22.8 Å². The van der Waals surface area contributed by atoms with Gasteiger partial charge in [0.2, 0.25) is 5.91 Å². The summed E-state index contributed by atoms with van der Waals surface area (Å²) in [6.45, 7) is 0. The number of furan rings is 1. The molecule has 1 aromatic heterocycles. The molecule has 0 aliphatic heterocycles. The van der Waals surface area contributed by atoms with Gasteiger partial charge in [-0.1, -0.05) is 12.1 Å². The van der Waals surface area contributed by atoms with Gasteiger partial charge in [0.15, 0.2) is 0 Å². The van der Waals surface area contributed by atoms with Gasteiger partial charge in [0.05, 0.1) is 11.8 Å². The average molecular weight is 400 g/mol. The predicted octanol–water partition coefficient (Wildman–Crippen LogP) is 5.20. The largest absolute Gasteiger partial charge is 0.465 e. The quantitative estimate of drug-likeness (QED) is 0.578. The van der Waals surface area contributed by atoms with Crippen molar-refractivity contribution in [2.75, 3.05) is 10.6 Å². The Balaban J connectivity index is 1.67. The topological polar surface area (TPSA) is 71.3 Å². The van der Waals surface area contributed by atoms with E-state index in [4.69, 9.17) is 4.42 Å². The second-order valence-electron chi connectivity index (χ2n) is 5.95. The average Bonchev–Trinajstić information content (AvgIpc) is 3.20. The van der Waals surface area contributed by atoms with Crippen LogP contribution in [0.25, 0.3) is 6.08 Å². The second-order valence-corrected chi connectivity index (χ2v) is 5.95. The molecule has 0 aliphatic carbocycles. The summed E-state index contributed by atoms with van der Waals surface area (Å²) in [4.78, 5) is 24.3. The fourth-order valence-corrected chi connectivity index (χ4v) is 2.44. The molecule has 0 bridgehead atoms. The molecule has 0 fully saturated rings. The monoisotopic (exact) mass is 400 g/mol. The van der Waals surface area contributed by atoms with E-state index in [1.807, 2.05) is 0 Å². The molecule has 29 heavy (non-hydrogen) atoms. The summed E-state index contributed by atoms with van der Waals surface area (Å²) in [6, 6.07) is 13.7. The second kappa shape index (κ2) is 8.47. The van der Waals surface area contributed by atoms with E-state index in [0.29, 0.717) is 11.4 Å². The first-order chi connectivity index (χ1) is 13.8. The molecular weight excluding hydrogens is 385 g/mol. The van der Waals surface area contributed by atoms with Gasteiger partial charge in [-0.2, -0.15) is 13.2 Å². The SMILES string of the molecule is O=C(/C=C/c1ccco1)Nc1cccc(C(=O)Nc2cccc(C(F)(F)F)c2)c1. The van der Waals surface area contributed by atoms with Crippen LogP contribution in [0, 0.1) is 0 Å². The summed E-state index contributed by atoms with van der Waals surface area (Å²) in [7, 11) is 0. The third kappa shape index (κ3) is 5.58. The number of carbonyl (C=O) groups is 2. The molecule has 0 atom stereocenters. The number of hydrogen-bond acceptors (Lipinski definition) is 3. The fourth-order valence-electron chi connectivity index (χ4n) is 2.44. The Morgan fingerprint density at radius 2 is 1.62 bits per heavy atom. The standard InChI is InChI=1S/C21H15F3N2O3/c22-21(23,24)15-5-2-7-17(13-15)26-20(28)14-4-1-6-16(12-14)25-19(27)10-9-18-8-3-11-29-18/h1-13H,(H,25,27)(H,26,28)/b10-9+. The van der Waals surface area contributed by atoms with Crippen LogP contribution in [0.4, 0.5) is 24.5 Å². The molecule has 0 spiro atoms. The number of amides is 2. The van der Waals surface area contributed by atoms with Gasteiger partial charge in [-0.25, -0.2) is 0 Å². The lowest BCUT2D eigenvalue weighted by atomic mass is 10.1. The van der Waals surface area contributed by atoms with Crippen molar-refractivity contribution in [2.45, 2.75) is 6.18 Å². The number of halogens is 3. The van der Waals surface area contributed by atoms with Crippen molar-refractivity contribution in [1.29, 1.82) is 0 Å². The third-order valence-electron chi connectivity index (χ3n) is 3.78. The first-order valence-corrected chi connectivity index (χ1v) is 8.42. The maximum Gasteiger partial charge on any atom is 0.416 e. The minimum atomic E-state index is -4.51. The normalized spacial score (nSPS) is 11.4. The molecular formula is C21H15F3N2O3. The van der Waals surface area contributed by atoms with E-state index in [-0.39, 0.29) is 11.3 Å². The van der Waals surface area contributed by atoms with Crippen LogP contribution in [0.5, 0.6) is 0 Å². The molecule has 8 heteroatoms. The van der Waals surface area contributed by atoms with Crippen LogP contribution in [0.1, 0.15) is 21.7 Å². The van der Waals surface area contributed by atoms with Crippen LogP contribution in [0.15, 0.2) is 77.4 Å². The lowest BCUT2D eigenvalue weighted by Crippen LogP contribution is -2.14. The summed E-state index contributed by atoms with van der Waals surface area (Å²) < 4.78 is 43.5. The van der Waals surface area contributed by atoms with Crippen molar-refractivity contribution in [3.63, 3.8) is 0 Å². The minimum absolute atomic E-state index is 0.0145. The molecule has 3 rings (SSSR count). The zero-order chi connectivity index (χ0) is 20.9. The Morgan fingerprint density at radius 3 is 2.31 bits per heavy atom. The highest BCUT2D eigenvalue weighted by atomic mass is 19.4. The molecule has 2 aromatic carbocycles. The highest BCUT2D eigenvalue weighted by Crippen LogP contribution is 2.30. The summed E-state index contributed by atoms with van der Waals surface area (Å²) in [5.41, 5.74) is -0.314. The Kier molecular flexibility index (Phi) is 5.82. The van der Waals surface area contributed by atoms with Crippen molar-refractivity contribution in [2.24, 2.45) is 0 Å². The van der Waals surface area contributed by atoms with Gasteiger partial charge in [0.1, 0.15) is 5.76 Å². The van der Waals surface area contributed by atoms with Gasteiger partial charge in [-0.15, -0.1) is 0 Å². The van der Waals surface area contributed by atoms with E-state index in [0.717, 1.165) is 12.1 Å². The predicted molar refractivity (Wildman–Crippen MR) is 102 cm³/mol. The Labute approximate surface area is 163 Å². The van der Waals surface area contributed by atoms with Crippen molar-refractivity contribution >= 4 is 29.3 Å². The molecule has 0 unspecified atom stereocenters. The van der Waals surface area contributed by atoms with Crippen LogP contribution in [0.2, 0.25) is 0 Å². The molecule has 1 heterocycles. The summed E-state index contributed by atoms with van der Waals surface area (Å²) >= 11 is 0. The van der Waals surface area contributed by atoms with E-state index in [2.05, 4.69) is 10.6 Å². The Bertz CT molecular complexity index is 1040. The number of benzene rings is 2. The van der Waals surface area contributed by atoms with Crippen molar-refractivity contribution in [1.82, 2.24) is 0 Å². The molecule has 2 amide bonds. The van der Waals surface area contributed by atoms with E-state index >= 15 is 0 Å². The van der Waals surface area contributed by atoms with Crippen molar-refractivity contribution < 1.29 is 27.2 Å². The van der Waals surface area contributed by atoms with Gasteiger partial charge >= 0.3 is 6.18 Å². The van der Waals surface area contributed by atoms with Crippen molar-refractivity contribution in [3.8, 4) is 0 Å². The van der Waals surface area contributed by atoms with Crippen molar-refractivity contribution in [3.05, 3.63) is 89.9 Å². The van der Waals surface area contributed by atoms with Crippen LogP contribution in [-0.4, -0.2) is 11.8 Å². The zero-order valence-corrected chi connectivity index (χ0v) is 14.9. The van der Waals surface area contributed by atoms with Gasteiger partial charge in [0, 0.05) is 23.0 Å². The summed E-state index contributed by atoms with van der Waals surface area (Å²) in [5.74, 6) is -0.530. The summed E-state index contributed by atoms with van der Waals surface area (Å²) in [5, 5.41) is 5.01. The Hall–Kier alpha value is -3.81. The number of rotatable bonds is 5. The third-order valence-corrected chi connectivity index (χ3v) is 3.78. The molecule has 3 aromatic rings. The molecule has 148 valence electrons. The highest BCUT2D eigenvalue weighted by molar-refractivity contribution is 6.06. The zero-order valence-electron chi connectivity index (χ0n) is 14.9. The first-order valence-electron chi connectivity index (χ1n) is 8.42. The fraction of sp³-hybridized carbons (Fsp3) is 0.0476. The van der Waals surface area contributed by atoms with E-state index in [1.54, 1.807) is 24.3 Å². The molecule has 2 N–H and O–H groups in total. The van der Waals surface area contributed by atoms with Crippen LogP contribution < -0.4 is 10.6 Å². The maximum absolute atomic E-state index is 12.8. The molecule has 0 aliphatic rings. The van der Waals surface area contributed by atoms with Crippen LogP contribution in [-0.2, 0) is 11.0 Å². The van der Waals surface area contributed by atoms with Gasteiger partial charge in [0.25, 0.3) is 5.91 Å². The molecule has 0 saturated heterocycles. The lowest BCUT2D eigenvalue weighted by Gasteiger charge is -2.10. The minimum Gasteiger partial charge on any atom is -0.465 e. The number of hydrogen-bond donors (Lipinski definition) is 2. The van der Waals surface area contributed by atoms with Gasteiger partial charge in [-0.05, 0) is 54.6 Å². The summed E-state index contributed by atoms with van der Waals surface area (Å²) in [6.07, 6.45) is -0.272.